The zero-order chi connectivity index (χ0) is 15.6. The van der Waals surface area contributed by atoms with Crippen molar-refractivity contribution in [3.63, 3.8) is 0 Å². The highest BCUT2D eigenvalue weighted by Crippen LogP contribution is 2.25. The van der Waals surface area contributed by atoms with Gasteiger partial charge in [0.15, 0.2) is 5.78 Å². The maximum Gasteiger partial charge on any atom is 0.185 e. The Morgan fingerprint density at radius 2 is 2.17 bits per heavy atom. The van der Waals surface area contributed by atoms with Gasteiger partial charge in [-0.2, -0.15) is 0 Å². The fraction of sp³-hybridized carbons (Fsp3) is 0.278. The Labute approximate surface area is 134 Å². The van der Waals surface area contributed by atoms with Crippen LogP contribution in [0.4, 0.5) is 5.82 Å². The van der Waals surface area contributed by atoms with Crippen LogP contribution in [0, 0.1) is 5.92 Å². The van der Waals surface area contributed by atoms with E-state index < -0.39 is 0 Å². The van der Waals surface area contributed by atoms with Crippen LogP contribution in [0.1, 0.15) is 23.3 Å². The van der Waals surface area contributed by atoms with Crippen molar-refractivity contribution >= 4 is 22.6 Å². The Hall–Kier alpha value is -2.69. The minimum atomic E-state index is -0.0141. The molecule has 1 atom stereocenters. The molecule has 0 bridgehead atoms. The number of H-pyrrole nitrogens is 1. The molecule has 0 radical (unpaired) electrons. The second kappa shape index (κ2) is 5.83. The molecule has 0 saturated carbocycles. The Kier molecular flexibility index (Phi) is 3.54. The van der Waals surface area contributed by atoms with Crippen LogP contribution in [0.5, 0.6) is 0 Å². The highest BCUT2D eigenvalue weighted by molar-refractivity contribution is 5.96. The molecular weight excluding hydrogens is 288 g/mol. The summed E-state index contributed by atoms with van der Waals surface area (Å²) < 4.78 is 0. The molecule has 1 aliphatic heterocycles. The van der Waals surface area contributed by atoms with E-state index in [0.29, 0.717) is 12.2 Å². The third kappa shape index (κ3) is 2.70. The van der Waals surface area contributed by atoms with E-state index in [0.717, 1.165) is 36.2 Å². The lowest BCUT2D eigenvalue weighted by Gasteiger charge is -2.32. The first kappa shape index (κ1) is 13.9. The van der Waals surface area contributed by atoms with Crippen molar-refractivity contribution in [1.29, 1.82) is 0 Å². The summed E-state index contributed by atoms with van der Waals surface area (Å²) in [5.74, 6) is 1.05. The van der Waals surface area contributed by atoms with E-state index in [9.17, 15) is 4.79 Å². The smallest absolute Gasteiger partial charge is 0.185 e. The van der Waals surface area contributed by atoms with Crippen molar-refractivity contribution in [3.05, 3.63) is 54.5 Å². The number of aromatic nitrogens is 3. The van der Waals surface area contributed by atoms with Gasteiger partial charge in [-0.25, -0.2) is 4.98 Å². The van der Waals surface area contributed by atoms with Crippen LogP contribution in [0.3, 0.4) is 0 Å². The van der Waals surface area contributed by atoms with E-state index in [1.165, 1.54) is 0 Å². The lowest BCUT2D eigenvalue weighted by atomic mass is 9.92. The number of hydrogen-bond acceptors (Lipinski definition) is 4. The molecule has 0 aliphatic carbocycles. The molecule has 1 aliphatic rings. The number of pyridine rings is 2. The molecule has 0 spiro atoms. The van der Waals surface area contributed by atoms with Gasteiger partial charge in [0.1, 0.15) is 17.2 Å². The quantitative estimate of drug-likeness (QED) is 0.755. The van der Waals surface area contributed by atoms with E-state index in [1.807, 2.05) is 30.5 Å². The van der Waals surface area contributed by atoms with E-state index >= 15 is 0 Å². The van der Waals surface area contributed by atoms with E-state index in [1.54, 1.807) is 12.3 Å². The topological polar surface area (TPSA) is 61.9 Å². The molecule has 0 amide bonds. The second-order valence-corrected chi connectivity index (χ2v) is 5.95. The molecule has 4 rings (SSSR count). The fourth-order valence-electron chi connectivity index (χ4n) is 3.21. The first-order chi connectivity index (χ1) is 11.3. The molecule has 0 unspecified atom stereocenters. The van der Waals surface area contributed by atoms with Gasteiger partial charge >= 0.3 is 0 Å². The maximum absolute atomic E-state index is 12.6. The lowest BCUT2D eigenvalue weighted by Crippen LogP contribution is -2.39. The average molecular weight is 306 g/mol. The van der Waals surface area contributed by atoms with Gasteiger partial charge in [-0.15, -0.1) is 0 Å². The number of rotatable bonds is 3. The van der Waals surface area contributed by atoms with Crippen LogP contribution < -0.4 is 4.90 Å². The van der Waals surface area contributed by atoms with Gasteiger partial charge < -0.3 is 9.88 Å². The van der Waals surface area contributed by atoms with Gasteiger partial charge in [-0.3, -0.25) is 9.78 Å². The number of nitrogens with zero attached hydrogens (tertiary/aromatic N) is 3. The highest BCUT2D eigenvalue weighted by Gasteiger charge is 2.28. The van der Waals surface area contributed by atoms with Gasteiger partial charge in [-0.1, -0.05) is 6.07 Å². The summed E-state index contributed by atoms with van der Waals surface area (Å²) in [6, 6.07) is 11.6. The second-order valence-electron chi connectivity index (χ2n) is 5.95. The zero-order valence-corrected chi connectivity index (χ0v) is 12.8. The van der Waals surface area contributed by atoms with Crippen molar-refractivity contribution in [2.75, 3.05) is 18.0 Å². The van der Waals surface area contributed by atoms with Crippen LogP contribution in [0.15, 0.2) is 48.8 Å². The molecule has 1 saturated heterocycles. The van der Waals surface area contributed by atoms with Gasteiger partial charge in [0, 0.05) is 36.8 Å². The summed E-state index contributed by atoms with van der Waals surface area (Å²) in [5, 5.41) is 1.10. The number of ketones is 1. The van der Waals surface area contributed by atoms with Crippen LogP contribution >= 0.6 is 0 Å². The van der Waals surface area contributed by atoms with E-state index in [2.05, 4.69) is 25.9 Å². The fourth-order valence-corrected chi connectivity index (χ4v) is 3.21. The van der Waals surface area contributed by atoms with Gasteiger partial charge in [0.2, 0.25) is 0 Å². The van der Waals surface area contributed by atoms with Crippen LogP contribution in [-0.2, 0) is 0 Å². The van der Waals surface area contributed by atoms with Crippen LogP contribution in [-0.4, -0.2) is 33.8 Å². The molecule has 0 aromatic carbocycles. The average Bonchev–Trinajstić information content (AvgIpc) is 3.09. The highest BCUT2D eigenvalue weighted by atomic mass is 16.1. The summed E-state index contributed by atoms with van der Waals surface area (Å²) >= 11 is 0. The van der Waals surface area contributed by atoms with Crippen molar-refractivity contribution in [1.82, 2.24) is 15.0 Å². The third-order valence-electron chi connectivity index (χ3n) is 4.43. The van der Waals surface area contributed by atoms with Crippen molar-refractivity contribution < 1.29 is 4.79 Å². The Balaban J connectivity index is 1.55. The van der Waals surface area contributed by atoms with Crippen molar-refractivity contribution in [2.24, 2.45) is 5.92 Å². The Morgan fingerprint density at radius 3 is 3.04 bits per heavy atom. The van der Waals surface area contributed by atoms with Crippen LogP contribution in [0.25, 0.3) is 11.0 Å². The van der Waals surface area contributed by atoms with Crippen molar-refractivity contribution in [3.8, 4) is 0 Å². The molecule has 116 valence electrons. The molecule has 1 N–H and O–H groups in total. The minimum Gasteiger partial charge on any atom is -0.356 e. The Morgan fingerprint density at radius 1 is 1.22 bits per heavy atom. The number of Topliss-reactive ketones (excluding diaryl/α,β-unsaturated/α-hetero) is 1. The van der Waals surface area contributed by atoms with E-state index in [-0.39, 0.29) is 11.7 Å². The predicted molar refractivity (Wildman–Crippen MR) is 89.6 cm³/mol. The minimum absolute atomic E-state index is 0.0141. The standard InChI is InChI=1S/C18H18N4O/c23-17(15-5-1-2-9-19-15)14-4-3-11-22(12-14)16-7-6-13-8-10-20-18(13)21-16/h1-2,5-10,14H,3-4,11-12H2,(H,20,21)/t14-/m0/s1. The summed E-state index contributed by atoms with van der Waals surface area (Å²) in [7, 11) is 0. The molecule has 5 nitrogen and oxygen atoms in total. The summed E-state index contributed by atoms with van der Waals surface area (Å²) in [5.41, 5.74) is 1.45. The molecule has 3 aromatic heterocycles. The lowest BCUT2D eigenvalue weighted by molar-refractivity contribution is 0.0902. The van der Waals surface area contributed by atoms with E-state index in [4.69, 9.17) is 0 Å². The van der Waals surface area contributed by atoms with Gasteiger partial charge in [-0.05, 0) is 43.2 Å². The van der Waals surface area contributed by atoms with Gasteiger partial charge in [0.25, 0.3) is 0 Å². The number of piperidine rings is 1. The number of carbonyl (C=O) groups is 1. The predicted octanol–water partition coefficient (Wildman–Crippen LogP) is 3.06. The first-order valence-corrected chi connectivity index (χ1v) is 7.95. The number of nitrogens with one attached hydrogen (secondary N) is 1. The monoisotopic (exact) mass is 306 g/mol. The maximum atomic E-state index is 12.6. The van der Waals surface area contributed by atoms with Crippen LogP contribution in [0.2, 0.25) is 0 Å². The largest absolute Gasteiger partial charge is 0.356 e. The molecule has 3 aromatic rings. The number of hydrogen-bond donors (Lipinski definition) is 1. The third-order valence-corrected chi connectivity index (χ3v) is 4.43. The van der Waals surface area contributed by atoms with Crippen molar-refractivity contribution in [2.45, 2.75) is 12.8 Å². The first-order valence-electron chi connectivity index (χ1n) is 7.95. The van der Waals surface area contributed by atoms with Gasteiger partial charge in [0.05, 0.1) is 0 Å². The molecule has 1 fully saturated rings. The summed E-state index contributed by atoms with van der Waals surface area (Å²) in [6.07, 6.45) is 5.48. The number of anilines is 1. The Bertz CT molecular complexity index is 827. The summed E-state index contributed by atoms with van der Waals surface area (Å²) in [6.45, 7) is 1.64. The summed E-state index contributed by atoms with van der Waals surface area (Å²) in [4.78, 5) is 26.8. The molecular formula is C18H18N4O. The number of fused-ring (bicyclic) bond motifs is 1. The molecule has 5 heteroatoms. The zero-order valence-electron chi connectivity index (χ0n) is 12.8. The number of carbonyl (C=O) groups excluding carboxylic acids is 1. The molecule has 4 heterocycles. The SMILES string of the molecule is O=C(c1ccccn1)[C@H]1CCCN(c2ccc3cc[nH]c3n2)C1. The molecule has 23 heavy (non-hydrogen) atoms. The normalized spacial score (nSPS) is 18.3. The number of aromatic amines is 1.